The largest absolute Gasteiger partial charge is 0.334 e. The van der Waals surface area contributed by atoms with E-state index < -0.39 is 16.2 Å². The minimum atomic E-state index is -4.15. The minimum Gasteiger partial charge on any atom is -0.306 e. The Hall–Kier alpha value is -2.11. The molecule has 3 heterocycles. The molecule has 2 aromatic heterocycles. The molecule has 0 bridgehead atoms. The van der Waals surface area contributed by atoms with Crippen molar-refractivity contribution in [2.45, 2.75) is 58.4 Å². The molecule has 0 aromatic carbocycles. The van der Waals surface area contributed by atoms with Crippen LogP contribution in [0.5, 0.6) is 0 Å². The van der Waals surface area contributed by atoms with E-state index in [-0.39, 0.29) is 12.0 Å². The van der Waals surface area contributed by atoms with Crippen LogP contribution in [0.3, 0.4) is 0 Å². The summed E-state index contributed by atoms with van der Waals surface area (Å²) in [7, 11) is -0.450. The topological polar surface area (TPSA) is 99.6 Å². The van der Waals surface area contributed by atoms with E-state index >= 15 is 0 Å². The van der Waals surface area contributed by atoms with Crippen molar-refractivity contribution in [3.05, 3.63) is 28.2 Å². The Morgan fingerprint density at radius 2 is 1.97 bits per heavy atom. The highest BCUT2D eigenvalue weighted by Crippen LogP contribution is 2.37. The highest BCUT2D eigenvalue weighted by atomic mass is 32.2. The molecule has 0 spiro atoms. The quantitative estimate of drug-likeness (QED) is 0.627. The molecule has 1 aliphatic rings. The van der Waals surface area contributed by atoms with Crippen LogP contribution >= 0.6 is 11.3 Å². The van der Waals surface area contributed by atoms with Gasteiger partial charge in [-0.1, -0.05) is 27.7 Å². The van der Waals surface area contributed by atoms with Crippen molar-refractivity contribution in [3.8, 4) is 0 Å². The number of hydrogen-bond donors (Lipinski definition) is 2. The molecule has 1 atom stereocenters. The molecule has 0 aliphatic carbocycles. The number of aryl methyl sites for hydroxylation is 1. The lowest BCUT2D eigenvalue weighted by atomic mass is 10.1. The van der Waals surface area contributed by atoms with Gasteiger partial charge in [-0.05, 0) is 44.3 Å². The number of anilines is 2. The van der Waals surface area contributed by atoms with E-state index in [0.717, 1.165) is 22.7 Å². The Balaban J connectivity index is 1.84. The minimum absolute atomic E-state index is 0.212. The number of rotatable bonds is 7. The Bertz CT molecular complexity index is 1040. The van der Waals surface area contributed by atoms with Crippen LogP contribution in [0, 0.1) is 0 Å². The third kappa shape index (κ3) is 5.62. The van der Waals surface area contributed by atoms with Gasteiger partial charge in [0.15, 0.2) is 0 Å². The Labute approximate surface area is 195 Å². The predicted octanol–water partition coefficient (Wildman–Crippen LogP) is 3.70. The highest BCUT2D eigenvalue weighted by molar-refractivity contribution is 7.91. The van der Waals surface area contributed by atoms with E-state index in [9.17, 15) is 13.2 Å². The lowest BCUT2D eigenvalue weighted by Crippen LogP contribution is -2.54. The Morgan fingerprint density at radius 3 is 2.53 bits per heavy atom. The van der Waals surface area contributed by atoms with Crippen molar-refractivity contribution in [1.29, 1.82) is 0 Å². The van der Waals surface area contributed by atoms with Crippen molar-refractivity contribution in [3.63, 3.8) is 0 Å². The van der Waals surface area contributed by atoms with Gasteiger partial charge in [-0.3, -0.25) is 4.68 Å². The molecule has 0 saturated carbocycles. The molecule has 2 aromatic rings. The number of likely N-dealkylation sites (tertiary alicyclic amines) is 1. The number of nitrogens with zero attached hydrogens (tertiary/aromatic N) is 4. The lowest BCUT2D eigenvalue weighted by molar-refractivity contribution is 0.251. The first-order chi connectivity index (χ1) is 15.0. The molecule has 2 amide bonds. The molecule has 0 unspecified atom stereocenters. The molecule has 11 heteroatoms. The van der Waals surface area contributed by atoms with Gasteiger partial charge >= 0.3 is 16.2 Å². The average molecular weight is 483 g/mol. The van der Waals surface area contributed by atoms with Crippen molar-refractivity contribution < 1.29 is 13.2 Å². The summed E-state index contributed by atoms with van der Waals surface area (Å²) in [4.78, 5) is 17.1. The normalized spacial score (nSPS) is 17.7. The number of urea groups is 1. The summed E-state index contributed by atoms with van der Waals surface area (Å²) in [6.07, 6.45) is 4.75. The molecule has 1 saturated heterocycles. The Morgan fingerprint density at radius 1 is 1.25 bits per heavy atom. The fourth-order valence-electron chi connectivity index (χ4n) is 3.95. The van der Waals surface area contributed by atoms with Crippen LogP contribution in [0.15, 0.2) is 18.5 Å². The van der Waals surface area contributed by atoms with Crippen LogP contribution in [0.4, 0.5) is 16.2 Å². The monoisotopic (exact) mass is 482 g/mol. The van der Waals surface area contributed by atoms with Gasteiger partial charge in [0.05, 0.1) is 23.6 Å². The second-order valence-corrected chi connectivity index (χ2v) is 11.7. The van der Waals surface area contributed by atoms with Gasteiger partial charge in [-0.25, -0.2) is 13.8 Å². The molecule has 0 radical (unpaired) electrons. The number of thiophene rings is 1. The zero-order valence-corrected chi connectivity index (χ0v) is 21.3. The van der Waals surface area contributed by atoms with Gasteiger partial charge in [0.25, 0.3) is 0 Å². The van der Waals surface area contributed by atoms with Gasteiger partial charge in [0.2, 0.25) is 0 Å². The van der Waals surface area contributed by atoms with Gasteiger partial charge in [-0.15, -0.1) is 11.3 Å². The summed E-state index contributed by atoms with van der Waals surface area (Å²) in [6.45, 7) is 9.80. The van der Waals surface area contributed by atoms with Crippen LogP contribution in [-0.4, -0.2) is 55.3 Å². The second-order valence-electron chi connectivity index (χ2n) is 9.02. The average Bonchev–Trinajstić information content (AvgIpc) is 3.27. The molecule has 178 valence electrons. The molecule has 32 heavy (non-hydrogen) atoms. The van der Waals surface area contributed by atoms with Crippen LogP contribution in [-0.2, 0) is 17.3 Å². The molecule has 2 N–H and O–H groups in total. The molecule has 9 nitrogen and oxygen atoms in total. The van der Waals surface area contributed by atoms with E-state index in [0.29, 0.717) is 30.3 Å². The fourth-order valence-corrected chi connectivity index (χ4v) is 6.39. The third-order valence-electron chi connectivity index (χ3n) is 5.48. The van der Waals surface area contributed by atoms with Crippen molar-refractivity contribution >= 4 is 39.0 Å². The predicted molar refractivity (Wildman–Crippen MR) is 130 cm³/mol. The van der Waals surface area contributed by atoms with Crippen molar-refractivity contribution in [1.82, 2.24) is 19.4 Å². The number of likely N-dealkylation sites (N-methyl/N-ethyl adjacent to an activating group) is 1. The number of piperidine rings is 1. The summed E-state index contributed by atoms with van der Waals surface area (Å²) >= 11 is 1.65. The molecule has 1 fully saturated rings. The number of nitrogens with one attached hydrogen (secondary N) is 2. The summed E-state index contributed by atoms with van der Waals surface area (Å²) in [5.41, 5.74) is 1.10. The molecular formula is C21H34N6O3S2. The smallest absolute Gasteiger partial charge is 0.306 e. The van der Waals surface area contributed by atoms with E-state index in [1.54, 1.807) is 29.3 Å². The van der Waals surface area contributed by atoms with Crippen LogP contribution < -0.4 is 14.3 Å². The van der Waals surface area contributed by atoms with E-state index in [2.05, 4.69) is 47.7 Å². The first kappa shape index (κ1) is 24.5. The van der Waals surface area contributed by atoms with Gasteiger partial charge < -0.3 is 10.2 Å². The fraction of sp³-hybridized carbons (Fsp3) is 0.619. The maximum atomic E-state index is 13.4. The van der Waals surface area contributed by atoms with Crippen molar-refractivity contribution in [2.24, 2.45) is 7.05 Å². The zero-order chi connectivity index (χ0) is 23.6. The van der Waals surface area contributed by atoms with Crippen LogP contribution in [0.1, 0.15) is 62.1 Å². The van der Waals surface area contributed by atoms with Crippen LogP contribution in [0.2, 0.25) is 0 Å². The summed E-state index contributed by atoms with van der Waals surface area (Å²) in [6, 6.07) is 0.882. The standard InChI is InChI=1S/C21H34N6O3S2/c1-14(2)19-10-18(20(31-19)15(3)4)23-21(28)24-32(29,30)27(17-11-22-26(6)13-17)16-8-7-9-25(5)12-16/h10-11,13-16H,7-9,12H2,1-6H3,(H2,23,24,28)/t16-/m0/s1. The van der Waals surface area contributed by atoms with Gasteiger partial charge in [0, 0.05) is 29.5 Å². The Kier molecular flexibility index (Phi) is 7.51. The zero-order valence-electron chi connectivity index (χ0n) is 19.6. The molecule has 1 aliphatic heterocycles. The first-order valence-electron chi connectivity index (χ1n) is 10.9. The molecule has 3 rings (SSSR count). The number of carbonyl (C=O) groups is 1. The lowest BCUT2D eigenvalue weighted by Gasteiger charge is -2.37. The van der Waals surface area contributed by atoms with E-state index in [1.165, 1.54) is 10.5 Å². The summed E-state index contributed by atoms with van der Waals surface area (Å²) < 4.78 is 31.8. The maximum absolute atomic E-state index is 13.4. The summed E-state index contributed by atoms with van der Waals surface area (Å²) in [5.74, 6) is 0.535. The number of aromatic nitrogens is 2. The number of amides is 2. The van der Waals surface area contributed by atoms with Gasteiger partial charge in [-0.2, -0.15) is 13.5 Å². The van der Waals surface area contributed by atoms with Gasteiger partial charge in [0.1, 0.15) is 0 Å². The first-order valence-corrected chi connectivity index (χ1v) is 13.2. The number of hydrogen-bond acceptors (Lipinski definition) is 6. The number of carbonyl (C=O) groups excluding carboxylic acids is 1. The van der Waals surface area contributed by atoms with E-state index in [4.69, 9.17) is 0 Å². The summed E-state index contributed by atoms with van der Waals surface area (Å²) in [5, 5.41) is 6.90. The second kappa shape index (κ2) is 9.80. The molecular weight excluding hydrogens is 448 g/mol. The van der Waals surface area contributed by atoms with E-state index in [1.807, 2.05) is 13.1 Å². The van der Waals surface area contributed by atoms with Crippen LogP contribution in [0.25, 0.3) is 0 Å². The highest BCUT2D eigenvalue weighted by Gasteiger charge is 2.35. The van der Waals surface area contributed by atoms with Crippen molar-refractivity contribution in [2.75, 3.05) is 29.8 Å². The third-order valence-corrected chi connectivity index (χ3v) is 8.69. The SMILES string of the molecule is CC(C)c1cc(NC(=O)NS(=O)(=O)N(c2cnn(C)c2)[C@H]2CCCN(C)C2)c(C(C)C)s1. The maximum Gasteiger partial charge on any atom is 0.334 e.